The van der Waals surface area contributed by atoms with Crippen molar-refractivity contribution in [3.8, 4) is 5.75 Å². The van der Waals surface area contributed by atoms with Crippen LogP contribution in [0.1, 0.15) is 65.1 Å². The lowest BCUT2D eigenvalue weighted by atomic mass is 10.0. The molecule has 1 N–H and O–H groups in total. The van der Waals surface area contributed by atoms with Gasteiger partial charge < -0.3 is 19.5 Å². The van der Waals surface area contributed by atoms with Crippen LogP contribution in [-0.4, -0.2) is 59.2 Å². The first-order valence-electron chi connectivity index (χ1n) is 12.3. The molecule has 2 aromatic rings. The minimum Gasteiger partial charge on any atom is -0.496 e. The summed E-state index contributed by atoms with van der Waals surface area (Å²) in [7, 11) is 1.44. The van der Waals surface area contributed by atoms with Crippen LogP contribution < -0.4 is 10.1 Å². The molecule has 0 aromatic heterocycles. The molecule has 0 saturated carbocycles. The molecule has 11 nitrogen and oxygen atoms in total. The fraction of sp³-hybridized carbons (Fsp3) is 0.345. The molecule has 0 aliphatic heterocycles. The van der Waals surface area contributed by atoms with E-state index < -0.39 is 42.1 Å². The number of hydrogen-bond donors (Lipinski definition) is 1. The number of esters is 1. The van der Waals surface area contributed by atoms with E-state index in [0.717, 1.165) is 16.1 Å². The maximum atomic E-state index is 14.0. The van der Waals surface area contributed by atoms with Gasteiger partial charge in [0.15, 0.2) is 0 Å². The fourth-order valence-electron chi connectivity index (χ4n) is 3.90. The molecular weight excluding hydrogens is 518 g/mol. The van der Waals surface area contributed by atoms with E-state index in [1.165, 1.54) is 20.1 Å². The molecule has 2 aromatic carbocycles. The highest BCUT2D eigenvalue weighted by Gasteiger charge is 2.41. The van der Waals surface area contributed by atoms with E-state index in [9.17, 15) is 24.0 Å². The SMILES string of the molecule is C=C(NC(C)=O)C(=O)OCOC(=O)N(C(=O)c1cccc(OC)c1C)N(C(=O)c1cc(C)cc(C)c1)C(C)(C)C. The number of imide groups is 1. The normalized spacial score (nSPS) is 10.7. The van der Waals surface area contributed by atoms with E-state index >= 15 is 0 Å². The summed E-state index contributed by atoms with van der Waals surface area (Å²) >= 11 is 0. The highest BCUT2D eigenvalue weighted by atomic mass is 16.7. The molecule has 0 atom stereocenters. The number of nitrogens with zero attached hydrogens (tertiary/aromatic N) is 2. The summed E-state index contributed by atoms with van der Waals surface area (Å²) in [4.78, 5) is 64.6. The summed E-state index contributed by atoms with van der Waals surface area (Å²) in [6, 6.07) is 9.89. The number of carbonyl (C=O) groups excluding carboxylic acids is 5. The van der Waals surface area contributed by atoms with Crippen LogP contribution in [-0.2, 0) is 19.1 Å². The molecule has 11 heteroatoms. The van der Waals surface area contributed by atoms with Gasteiger partial charge in [-0.1, -0.05) is 29.8 Å². The van der Waals surface area contributed by atoms with Gasteiger partial charge in [-0.2, -0.15) is 0 Å². The molecule has 0 radical (unpaired) electrons. The predicted octanol–water partition coefficient (Wildman–Crippen LogP) is 4.21. The first kappa shape index (κ1) is 31.5. The zero-order chi connectivity index (χ0) is 30.4. The van der Waals surface area contributed by atoms with Crippen LogP contribution in [0.5, 0.6) is 5.75 Å². The highest BCUT2D eigenvalue weighted by Crippen LogP contribution is 2.27. The van der Waals surface area contributed by atoms with Crippen molar-refractivity contribution in [3.63, 3.8) is 0 Å². The van der Waals surface area contributed by atoms with Crippen molar-refractivity contribution in [2.24, 2.45) is 0 Å². The van der Waals surface area contributed by atoms with E-state index in [1.54, 1.807) is 52.0 Å². The maximum Gasteiger partial charge on any atom is 0.439 e. The third-order valence-corrected chi connectivity index (χ3v) is 5.54. The second kappa shape index (κ2) is 12.9. The lowest BCUT2D eigenvalue weighted by molar-refractivity contribution is -0.149. The van der Waals surface area contributed by atoms with Gasteiger partial charge in [0.25, 0.3) is 11.8 Å². The van der Waals surface area contributed by atoms with Crippen molar-refractivity contribution in [1.82, 2.24) is 15.3 Å². The second-order valence-electron chi connectivity index (χ2n) is 10.0. The maximum absolute atomic E-state index is 14.0. The first-order valence-corrected chi connectivity index (χ1v) is 12.3. The third-order valence-electron chi connectivity index (χ3n) is 5.54. The molecule has 0 unspecified atom stereocenters. The minimum absolute atomic E-state index is 0.0785. The van der Waals surface area contributed by atoms with Crippen LogP contribution in [0.15, 0.2) is 48.7 Å². The van der Waals surface area contributed by atoms with Crippen LogP contribution in [0.4, 0.5) is 4.79 Å². The van der Waals surface area contributed by atoms with Crippen LogP contribution >= 0.6 is 0 Å². The summed E-state index contributed by atoms with van der Waals surface area (Å²) in [5, 5.41) is 3.75. The standard InChI is InChI=1S/C29H35N3O8/c1-17-13-18(2)15-22(14-17)25(34)32(29(6,7)8)31(26(35)23-11-10-12-24(38-9)19(23)3)28(37)40-16-39-27(36)20(4)30-21(5)33/h10-15H,4,16H2,1-3,5-9H3,(H,30,33). The van der Waals surface area contributed by atoms with Crippen LogP contribution in [0.2, 0.25) is 0 Å². The number of rotatable bonds is 7. The van der Waals surface area contributed by atoms with Crippen molar-refractivity contribution < 1.29 is 38.2 Å². The lowest BCUT2D eigenvalue weighted by Crippen LogP contribution is -2.60. The molecule has 0 bridgehead atoms. The Morgan fingerprint density at radius 2 is 1.52 bits per heavy atom. The van der Waals surface area contributed by atoms with Crippen LogP contribution in [0, 0.1) is 20.8 Å². The zero-order valence-corrected chi connectivity index (χ0v) is 24.0. The number of hydrazine groups is 1. The van der Waals surface area contributed by atoms with Crippen LogP contribution in [0.25, 0.3) is 0 Å². The highest BCUT2D eigenvalue weighted by molar-refractivity contribution is 6.07. The van der Waals surface area contributed by atoms with Gasteiger partial charge in [-0.15, -0.1) is 5.01 Å². The van der Waals surface area contributed by atoms with Gasteiger partial charge in [0, 0.05) is 23.6 Å². The molecule has 40 heavy (non-hydrogen) atoms. The summed E-state index contributed by atoms with van der Waals surface area (Å²) in [5.41, 5.74) is 0.906. The molecule has 0 fully saturated rings. The molecule has 2 rings (SSSR count). The summed E-state index contributed by atoms with van der Waals surface area (Å²) in [5.74, 6) is -2.71. The molecule has 214 valence electrons. The third kappa shape index (κ3) is 7.68. The predicted molar refractivity (Wildman–Crippen MR) is 146 cm³/mol. The van der Waals surface area contributed by atoms with Gasteiger partial charge in [0.05, 0.1) is 12.6 Å². The summed E-state index contributed by atoms with van der Waals surface area (Å²) in [6.07, 6.45) is -1.28. The van der Waals surface area contributed by atoms with Gasteiger partial charge in [-0.3, -0.25) is 14.4 Å². The number of aryl methyl sites for hydroxylation is 2. The number of ether oxygens (including phenoxy) is 3. The van der Waals surface area contributed by atoms with Gasteiger partial charge in [-0.05, 0) is 65.8 Å². The monoisotopic (exact) mass is 553 g/mol. The van der Waals surface area contributed by atoms with E-state index in [4.69, 9.17) is 14.2 Å². The summed E-state index contributed by atoms with van der Waals surface area (Å²) < 4.78 is 15.3. The topological polar surface area (TPSA) is 132 Å². The number of benzene rings is 2. The van der Waals surface area contributed by atoms with E-state index in [2.05, 4.69) is 11.9 Å². The number of hydrogen-bond acceptors (Lipinski definition) is 8. The Balaban J connectivity index is 2.55. The Morgan fingerprint density at radius 1 is 0.925 bits per heavy atom. The van der Waals surface area contributed by atoms with E-state index in [0.29, 0.717) is 16.3 Å². The molecule has 4 amide bonds. The molecule has 0 saturated heterocycles. The molecule has 0 heterocycles. The Morgan fingerprint density at radius 3 is 2.05 bits per heavy atom. The number of methoxy groups -OCH3 is 1. The molecule has 0 spiro atoms. The van der Waals surface area contributed by atoms with Gasteiger partial charge in [0.2, 0.25) is 12.7 Å². The summed E-state index contributed by atoms with van der Waals surface area (Å²) in [6.45, 7) is 13.9. The number of carbonyl (C=O) groups is 5. The molecular formula is C29H35N3O8. The Bertz CT molecular complexity index is 1320. The van der Waals surface area contributed by atoms with Crippen molar-refractivity contribution in [1.29, 1.82) is 0 Å². The Kier molecular flexibility index (Phi) is 10.2. The fourth-order valence-corrected chi connectivity index (χ4v) is 3.90. The van der Waals surface area contributed by atoms with E-state index in [1.807, 2.05) is 19.9 Å². The molecule has 0 aliphatic carbocycles. The average molecular weight is 554 g/mol. The Hall–Kier alpha value is -4.67. The van der Waals surface area contributed by atoms with Gasteiger partial charge in [-0.25, -0.2) is 14.6 Å². The van der Waals surface area contributed by atoms with E-state index in [-0.39, 0.29) is 16.8 Å². The second-order valence-corrected chi connectivity index (χ2v) is 10.0. The quantitative estimate of drug-likeness (QED) is 0.234. The first-order chi connectivity index (χ1) is 18.6. The number of amides is 4. The van der Waals surface area contributed by atoms with Crippen molar-refractivity contribution in [3.05, 3.63) is 76.5 Å². The van der Waals surface area contributed by atoms with Crippen molar-refractivity contribution >= 4 is 29.8 Å². The van der Waals surface area contributed by atoms with Crippen LogP contribution in [0.3, 0.4) is 0 Å². The largest absolute Gasteiger partial charge is 0.496 e. The minimum atomic E-state index is -1.28. The number of nitrogens with one attached hydrogen (secondary N) is 1. The zero-order valence-electron chi connectivity index (χ0n) is 24.0. The lowest BCUT2D eigenvalue weighted by Gasteiger charge is -2.41. The van der Waals surface area contributed by atoms with Gasteiger partial charge in [0.1, 0.15) is 11.4 Å². The van der Waals surface area contributed by atoms with Gasteiger partial charge >= 0.3 is 12.1 Å². The van der Waals surface area contributed by atoms with Crippen molar-refractivity contribution in [2.75, 3.05) is 13.9 Å². The average Bonchev–Trinajstić information content (AvgIpc) is 2.84. The molecule has 0 aliphatic rings. The smallest absolute Gasteiger partial charge is 0.439 e. The Labute approximate surface area is 233 Å². The van der Waals surface area contributed by atoms with Crippen molar-refractivity contribution in [2.45, 2.75) is 54.0 Å².